The number of hydrogen-bond acceptors (Lipinski definition) is 1. The Morgan fingerprint density at radius 3 is 1.95 bits per heavy atom. The molecule has 0 saturated carbocycles. The fourth-order valence-corrected chi connectivity index (χ4v) is 4.53. The van der Waals surface area contributed by atoms with E-state index in [1.54, 1.807) is 7.11 Å². The zero-order chi connectivity index (χ0) is 13.9. The quantitative estimate of drug-likeness (QED) is 0.705. The van der Waals surface area contributed by atoms with Gasteiger partial charge in [-0.3, -0.25) is 0 Å². The highest BCUT2D eigenvalue weighted by Crippen LogP contribution is 2.56. The molecule has 2 aromatic carbocycles. The van der Waals surface area contributed by atoms with Crippen LogP contribution >= 0.6 is 23.2 Å². The minimum atomic E-state index is -0.0730. The van der Waals surface area contributed by atoms with Crippen molar-refractivity contribution in [1.82, 2.24) is 0 Å². The first kappa shape index (κ1) is 12.6. The summed E-state index contributed by atoms with van der Waals surface area (Å²) < 4.78 is 5.36. The Hall–Kier alpha value is -1.18. The van der Waals surface area contributed by atoms with Crippen molar-refractivity contribution in [1.29, 1.82) is 0 Å². The molecule has 0 radical (unpaired) electrons. The predicted molar refractivity (Wildman–Crippen MR) is 82.4 cm³/mol. The number of fused-ring (bicyclic) bond motifs is 1. The smallest absolute Gasteiger partial charge is 0.119 e. The lowest BCUT2D eigenvalue weighted by molar-refractivity contribution is 0.412. The van der Waals surface area contributed by atoms with Crippen LogP contribution in [0.1, 0.15) is 34.1 Å². The van der Waals surface area contributed by atoms with Crippen LogP contribution in [0.15, 0.2) is 42.5 Å². The summed E-state index contributed by atoms with van der Waals surface area (Å²) in [5.41, 5.74) is 5.21. The molecular weight excluding hydrogens is 291 g/mol. The monoisotopic (exact) mass is 304 g/mol. The lowest BCUT2D eigenvalue weighted by atomic mass is 9.63. The van der Waals surface area contributed by atoms with Crippen molar-refractivity contribution in [2.45, 2.75) is 22.6 Å². The maximum absolute atomic E-state index is 6.64. The number of benzene rings is 2. The maximum atomic E-state index is 6.64. The van der Waals surface area contributed by atoms with Crippen LogP contribution in [-0.4, -0.2) is 17.9 Å². The van der Waals surface area contributed by atoms with Crippen LogP contribution in [0.25, 0.3) is 0 Å². The molecule has 0 aliphatic heterocycles. The Morgan fingerprint density at radius 2 is 1.35 bits per heavy atom. The number of ether oxygens (including phenoxy) is 1. The first-order valence-corrected chi connectivity index (χ1v) is 7.64. The molecule has 0 saturated heterocycles. The van der Waals surface area contributed by atoms with Crippen LogP contribution in [0.2, 0.25) is 0 Å². The lowest BCUT2D eigenvalue weighted by Crippen LogP contribution is -2.41. The molecule has 3 heteroatoms. The second-order valence-corrected chi connectivity index (χ2v) is 6.48. The Morgan fingerprint density at radius 1 is 0.800 bits per heavy atom. The van der Waals surface area contributed by atoms with Crippen molar-refractivity contribution >= 4 is 23.2 Å². The van der Waals surface area contributed by atoms with Crippen molar-refractivity contribution in [2.24, 2.45) is 0 Å². The minimum Gasteiger partial charge on any atom is -0.497 e. The minimum absolute atomic E-state index is 0.0579. The molecule has 1 nitrogen and oxygen atoms in total. The van der Waals surface area contributed by atoms with Crippen molar-refractivity contribution in [3.8, 4) is 5.75 Å². The average Bonchev–Trinajstić information content (AvgIpc) is 2.49. The highest BCUT2D eigenvalue weighted by Gasteiger charge is 2.48. The molecule has 0 aromatic heterocycles. The van der Waals surface area contributed by atoms with Gasteiger partial charge >= 0.3 is 0 Å². The van der Waals surface area contributed by atoms with Gasteiger partial charge < -0.3 is 4.74 Å². The third kappa shape index (κ3) is 1.51. The molecule has 0 heterocycles. The van der Waals surface area contributed by atoms with Gasteiger partial charge in [0.05, 0.1) is 17.9 Å². The van der Waals surface area contributed by atoms with Crippen LogP contribution in [0.5, 0.6) is 5.75 Å². The molecule has 3 aliphatic rings. The van der Waals surface area contributed by atoms with Gasteiger partial charge in [-0.15, -0.1) is 23.2 Å². The zero-order valence-electron chi connectivity index (χ0n) is 11.0. The summed E-state index contributed by atoms with van der Waals surface area (Å²) in [6.45, 7) is 0. The number of hydrogen-bond donors (Lipinski definition) is 0. The second kappa shape index (κ2) is 4.41. The summed E-state index contributed by atoms with van der Waals surface area (Å²) in [7, 11) is 1.69. The Labute approximate surface area is 128 Å². The molecular formula is C17H14Cl2O. The van der Waals surface area contributed by atoms with E-state index in [9.17, 15) is 0 Å². The van der Waals surface area contributed by atoms with E-state index in [0.29, 0.717) is 0 Å². The van der Waals surface area contributed by atoms with Gasteiger partial charge in [0.15, 0.2) is 0 Å². The normalized spacial score (nSPS) is 29.8. The summed E-state index contributed by atoms with van der Waals surface area (Å²) in [6.07, 6.45) is 0. The number of rotatable bonds is 1. The van der Waals surface area contributed by atoms with E-state index in [2.05, 4.69) is 36.4 Å². The standard InChI is InChI=1S/C17H14Cl2O/c1-20-9-6-7-12-13(8-9)15-11-5-3-2-4-10(11)14(12)16(18)17(15)19/h2-8,14-17H,1H3/t14-,15-,16-,17-/m1/s1. The zero-order valence-corrected chi connectivity index (χ0v) is 12.5. The number of methoxy groups -OCH3 is 1. The van der Waals surface area contributed by atoms with E-state index in [1.807, 2.05) is 6.07 Å². The van der Waals surface area contributed by atoms with Crippen LogP contribution in [0, 0.1) is 0 Å². The van der Waals surface area contributed by atoms with Crippen molar-refractivity contribution < 1.29 is 4.74 Å². The van der Waals surface area contributed by atoms with Crippen LogP contribution in [0.4, 0.5) is 0 Å². The second-order valence-electron chi connectivity index (χ2n) is 5.47. The summed E-state index contributed by atoms with van der Waals surface area (Å²) in [4.78, 5) is 0. The van der Waals surface area contributed by atoms with Crippen LogP contribution in [-0.2, 0) is 0 Å². The molecule has 0 unspecified atom stereocenters. The third-order valence-electron chi connectivity index (χ3n) is 4.57. The molecule has 0 N–H and O–H groups in total. The van der Waals surface area contributed by atoms with E-state index < -0.39 is 0 Å². The third-order valence-corrected chi connectivity index (χ3v) is 5.75. The molecule has 0 amide bonds. The van der Waals surface area contributed by atoms with Gasteiger partial charge in [-0.2, -0.15) is 0 Å². The summed E-state index contributed by atoms with van der Waals surface area (Å²) >= 11 is 13.3. The van der Waals surface area contributed by atoms with E-state index in [1.165, 1.54) is 22.3 Å². The van der Waals surface area contributed by atoms with E-state index in [0.717, 1.165) is 5.75 Å². The number of alkyl halides is 2. The topological polar surface area (TPSA) is 9.23 Å². The molecule has 3 aliphatic carbocycles. The lowest BCUT2D eigenvalue weighted by Gasteiger charge is -2.46. The van der Waals surface area contributed by atoms with Gasteiger partial charge in [-0.1, -0.05) is 30.3 Å². The first-order chi connectivity index (χ1) is 9.72. The Bertz CT molecular complexity index is 682. The van der Waals surface area contributed by atoms with Gasteiger partial charge in [0, 0.05) is 11.8 Å². The average molecular weight is 305 g/mol. The Kier molecular flexibility index (Phi) is 2.77. The van der Waals surface area contributed by atoms with Gasteiger partial charge in [-0.25, -0.2) is 0 Å². The SMILES string of the molecule is COc1ccc2c(c1)[C@H]1c3ccccc3[C@H]2[C@@H](Cl)[C@@H]1Cl. The van der Waals surface area contributed by atoms with E-state index in [4.69, 9.17) is 27.9 Å². The maximum Gasteiger partial charge on any atom is 0.119 e. The van der Waals surface area contributed by atoms with Crippen LogP contribution in [0.3, 0.4) is 0 Å². The van der Waals surface area contributed by atoms with E-state index in [-0.39, 0.29) is 22.6 Å². The fraction of sp³-hybridized carbons (Fsp3) is 0.294. The summed E-state index contributed by atoms with van der Waals surface area (Å²) in [6, 6.07) is 14.8. The molecule has 20 heavy (non-hydrogen) atoms. The van der Waals surface area contributed by atoms with Crippen molar-refractivity contribution in [3.05, 3.63) is 64.7 Å². The molecule has 0 fully saturated rings. The van der Waals surface area contributed by atoms with Gasteiger partial charge in [-0.05, 0) is 34.4 Å². The molecule has 2 bridgehead atoms. The van der Waals surface area contributed by atoms with Gasteiger partial charge in [0.25, 0.3) is 0 Å². The summed E-state index contributed by atoms with van der Waals surface area (Å²) in [5.74, 6) is 1.22. The number of halogens is 2. The van der Waals surface area contributed by atoms with Crippen molar-refractivity contribution in [2.75, 3.05) is 7.11 Å². The molecule has 5 rings (SSSR count). The molecule has 102 valence electrons. The molecule has 2 aromatic rings. The fourth-order valence-electron chi connectivity index (χ4n) is 3.70. The Balaban J connectivity index is 2.00. The molecule has 4 atom stereocenters. The highest BCUT2D eigenvalue weighted by atomic mass is 35.5. The highest BCUT2D eigenvalue weighted by molar-refractivity contribution is 6.31. The van der Waals surface area contributed by atoms with Crippen LogP contribution < -0.4 is 4.74 Å². The van der Waals surface area contributed by atoms with Crippen molar-refractivity contribution in [3.63, 3.8) is 0 Å². The first-order valence-electron chi connectivity index (χ1n) is 6.77. The van der Waals surface area contributed by atoms with E-state index >= 15 is 0 Å². The summed E-state index contributed by atoms with van der Waals surface area (Å²) in [5, 5.41) is -0.131. The molecule has 0 spiro atoms. The van der Waals surface area contributed by atoms with Gasteiger partial charge in [0.1, 0.15) is 5.75 Å². The predicted octanol–water partition coefficient (Wildman–Crippen LogP) is 4.50. The van der Waals surface area contributed by atoms with Gasteiger partial charge in [0.2, 0.25) is 0 Å². The largest absolute Gasteiger partial charge is 0.497 e.